The molecule has 0 aliphatic carbocycles. The molecule has 24 heavy (non-hydrogen) atoms. The zero-order chi connectivity index (χ0) is 16.4. The Labute approximate surface area is 158 Å². The van der Waals surface area contributed by atoms with E-state index in [0.717, 1.165) is 19.3 Å². The van der Waals surface area contributed by atoms with Gasteiger partial charge in [-0.3, -0.25) is 4.99 Å². The number of hydrogen-bond acceptors (Lipinski definition) is 5. The molecule has 0 spiro atoms. The maximum atomic E-state index is 11.6. The molecule has 0 saturated carbocycles. The molecule has 1 aromatic heterocycles. The highest BCUT2D eigenvalue weighted by Gasteiger charge is 2.41. The largest absolute Gasteiger partial charge is 0.465 e. The Morgan fingerprint density at radius 1 is 1.46 bits per heavy atom. The molecule has 0 aromatic carbocycles. The number of furan rings is 1. The third-order valence-corrected chi connectivity index (χ3v) is 4.46. The first kappa shape index (κ1) is 19.0. The van der Waals surface area contributed by atoms with Gasteiger partial charge in [0.05, 0.1) is 31.9 Å². The molecule has 2 saturated heterocycles. The van der Waals surface area contributed by atoms with Crippen LogP contribution in [0.5, 0.6) is 0 Å². The summed E-state index contributed by atoms with van der Waals surface area (Å²) in [5.41, 5.74) is 0.453. The highest BCUT2D eigenvalue weighted by atomic mass is 127. The van der Waals surface area contributed by atoms with E-state index >= 15 is 0 Å². The maximum absolute atomic E-state index is 11.6. The average molecular weight is 449 g/mol. The Morgan fingerprint density at radius 2 is 2.25 bits per heavy atom. The molecule has 2 N–H and O–H groups in total. The van der Waals surface area contributed by atoms with Gasteiger partial charge in [0.15, 0.2) is 5.96 Å². The predicted octanol–water partition coefficient (Wildman–Crippen LogP) is 1.98. The molecule has 3 atom stereocenters. The zero-order valence-electron chi connectivity index (χ0n) is 14.1. The van der Waals surface area contributed by atoms with Gasteiger partial charge in [0, 0.05) is 7.05 Å². The van der Waals surface area contributed by atoms with E-state index in [1.807, 2.05) is 0 Å². The van der Waals surface area contributed by atoms with E-state index in [4.69, 9.17) is 13.9 Å². The van der Waals surface area contributed by atoms with Crippen LogP contribution in [0.3, 0.4) is 0 Å². The van der Waals surface area contributed by atoms with Gasteiger partial charge in [-0.15, -0.1) is 24.0 Å². The average Bonchev–Trinajstić information content (AvgIpc) is 3.26. The minimum Gasteiger partial charge on any atom is -0.465 e. The third kappa shape index (κ3) is 4.02. The SMILES string of the molecule is CN=C(NCc1cc(C(=O)OC)c(C)o1)NC1CC2CCC1O2.I. The summed E-state index contributed by atoms with van der Waals surface area (Å²) >= 11 is 0. The molecule has 0 radical (unpaired) electrons. The fraction of sp³-hybridized carbons (Fsp3) is 0.625. The molecule has 3 unspecified atom stereocenters. The summed E-state index contributed by atoms with van der Waals surface area (Å²) in [4.78, 5) is 15.8. The predicted molar refractivity (Wildman–Crippen MR) is 99.8 cm³/mol. The number of esters is 1. The van der Waals surface area contributed by atoms with Crippen LogP contribution in [0.4, 0.5) is 0 Å². The number of aliphatic imine (C=N–C) groups is 1. The Kier molecular flexibility index (Phi) is 6.50. The second-order valence-corrected chi connectivity index (χ2v) is 5.96. The van der Waals surface area contributed by atoms with Crippen LogP contribution < -0.4 is 10.6 Å². The normalized spacial score (nSPS) is 25.3. The number of nitrogens with one attached hydrogen (secondary N) is 2. The number of fused-ring (bicyclic) bond motifs is 2. The number of aryl methyl sites for hydroxylation is 1. The van der Waals surface area contributed by atoms with Crippen molar-refractivity contribution in [1.82, 2.24) is 10.6 Å². The Balaban J connectivity index is 0.00000208. The van der Waals surface area contributed by atoms with Crippen LogP contribution in [0.25, 0.3) is 0 Å². The minimum absolute atomic E-state index is 0. The number of carbonyl (C=O) groups excluding carboxylic acids is 1. The number of nitrogens with zero attached hydrogens (tertiary/aromatic N) is 1. The molecule has 2 fully saturated rings. The van der Waals surface area contributed by atoms with Crippen molar-refractivity contribution in [3.63, 3.8) is 0 Å². The van der Waals surface area contributed by atoms with Crippen molar-refractivity contribution in [2.24, 2.45) is 4.99 Å². The molecule has 2 aliphatic heterocycles. The van der Waals surface area contributed by atoms with E-state index in [1.165, 1.54) is 7.11 Å². The molecule has 2 aliphatic rings. The Morgan fingerprint density at radius 3 is 2.83 bits per heavy atom. The first-order chi connectivity index (χ1) is 11.1. The molecule has 8 heteroatoms. The standard InChI is InChI=1S/C16H23N3O4.HI/c1-9-12(15(20)21-3)6-11(22-9)8-18-16(17-2)19-13-7-10-4-5-14(13)23-10;/h6,10,13-14H,4-5,7-8H2,1-3H3,(H2,17,18,19);1H. The molecule has 1 aromatic rings. The van der Waals surface area contributed by atoms with Gasteiger partial charge in [-0.25, -0.2) is 4.79 Å². The van der Waals surface area contributed by atoms with Gasteiger partial charge in [0.1, 0.15) is 17.1 Å². The first-order valence-corrected chi connectivity index (χ1v) is 7.91. The summed E-state index contributed by atoms with van der Waals surface area (Å²) in [6.07, 6.45) is 3.98. The van der Waals surface area contributed by atoms with Crippen LogP contribution in [-0.2, 0) is 16.0 Å². The van der Waals surface area contributed by atoms with Gasteiger partial charge in [-0.1, -0.05) is 0 Å². The van der Waals surface area contributed by atoms with Crippen LogP contribution in [-0.4, -0.2) is 44.3 Å². The quantitative estimate of drug-likeness (QED) is 0.317. The lowest BCUT2D eigenvalue weighted by Gasteiger charge is -2.22. The lowest BCUT2D eigenvalue weighted by Crippen LogP contribution is -2.47. The number of rotatable bonds is 4. The summed E-state index contributed by atoms with van der Waals surface area (Å²) in [7, 11) is 3.09. The van der Waals surface area contributed by atoms with Crippen LogP contribution in [0.15, 0.2) is 15.5 Å². The van der Waals surface area contributed by atoms with Crippen molar-refractivity contribution < 1.29 is 18.7 Å². The summed E-state index contributed by atoms with van der Waals surface area (Å²) < 4.78 is 16.1. The molecule has 2 bridgehead atoms. The molecular formula is C16H24IN3O4. The number of halogens is 1. The summed E-state index contributed by atoms with van der Waals surface area (Å²) in [5, 5.41) is 6.61. The van der Waals surface area contributed by atoms with E-state index in [2.05, 4.69) is 15.6 Å². The monoisotopic (exact) mass is 449 g/mol. The lowest BCUT2D eigenvalue weighted by molar-refractivity contribution is 0.0598. The molecule has 134 valence electrons. The fourth-order valence-electron chi connectivity index (χ4n) is 3.27. The van der Waals surface area contributed by atoms with Gasteiger partial charge in [0.2, 0.25) is 0 Å². The van der Waals surface area contributed by atoms with E-state index in [1.54, 1.807) is 20.0 Å². The summed E-state index contributed by atoms with van der Waals surface area (Å²) in [6, 6.07) is 2.01. The highest BCUT2D eigenvalue weighted by Crippen LogP contribution is 2.34. The fourth-order valence-corrected chi connectivity index (χ4v) is 3.27. The first-order valence-electron chi connectivity index (χ1n) is 7.91. The maximum Gasteiger partial charge on any atom is 0.341 e. The molecule has 3 rings (SSSR count). The van der Waals surface area contributed by atoms with Crippen molar-refractivity contribution in [2.45, 2.75) is 51.0 Å². The second kappa shape index (κ2) is 8.19. The van der Waals surface area contributed by atoms with Gasteiger partial charge < -0.3 is 24.5 Å². The van der Waals surface area contributed by atoms with E-state index in [-0.39, 0.29) is 36.0 Å². The number of carbonyl (C=O) groups is 1. The second-order valence-electron chi connectivity index (χ2n) is 5.96. The molecule has 0 amide bonds. The van der Waals surface area contributed by atoms with E-state index < -0.39 is 0 Å². The summed E-state index contributed by atoms with van der Waals surface area (Å²) in [6.45, 7) is 2.19. The van der Waals surface area contributed by atoms with Crippen LogP contribution >= 0.6 is 24.0 Å². The van der Waals surface area contributed by atoms with E-state index in [0.29, 0.717) is 41.7 Å². The lowest BCUT2D eigenvalue weighted by atomic mass is 9.96. The number of methoxy groups -OCH3 is 1. The van der Waals surface area contributed by atoms with Gasteiger partial charge in [-0.2, -0.15) is 0 Å². The highest BCUT2D eigenvalue weighted by molar-refractivity contribution is 14.0. The van der Waals surface area contributed by atoms with Crippen LogP contribution in [0, 0.1) is 6.92 Å². The van der Waals surface area contributed by atoms with Gasteiger partial charge in [-0.05, 0) is 32.3 Å². The number of ether oxygens (including phenoxy) is 2. The van der Waals surface area contributed by atoms with Crippen molar-refractivity contribution in [2.75, 3.05) is 14.2 Å². The molecular weight excluding hydrogens is 425 g/mol. The summed E-state index contributed by atoms with van der Waals surface area (Å²) in [5.74, 6) is 1.53. The topological polar surface area (TPSA) is 85.1 Å². The third-order valence-electron chi connectivity index (χ3n) is 4.46. The van der Waals surface area contributed by atoms with Crippen molar-refractivity contribution in [3.8, 4) is 0 Å². The minimum atomic E-state index is -0.390. The van der Waals surface area contributed by atoms with Crippen molar-refractivity contribution in [3.05, 3.63) is 23.2 Å². The van der Waals surface area contributed by atoms with Gasteiger partial charge >= 0.3 is 5.97 Å². The van der Waals surface area contributed by atoms with Crippen molar-refractivity contribution in [1.29, 1.82) is 0 Å². The molecule has 7 nitrogen and oxygen atoms in total. The smallest absolute Gasteiger partial charge is 0.341 e. The molecule has 3 heterocycles. The number of hydrogen-bond donors (Lipinski definition) is 2. The van der Waals surface area contributed by atoms with E-state index in [9.17, 15) is 4.79 Å². The zero-order valence-corrected chi connectivity index (χ0v) is 16.5. The van der Waals surface area contributed by atoms with Crippen LogP contribution in [0.1, 0.15) is 41.1 Å². The number of guanidine groups is 1. The van der Waals surface area contributed by atoms with Crippen molar-refractivity contribution >= 4 is 35.9 Å². The Hall–Kier alpha value is -1.29. The Bertz CT molecular complexity index is 616. The van der Waals surface area contributed by atoms with Gasteiger partial charge in [0.25, 0.3) is 0 Å². The van der Waals surface area contributed by atoms with Crippen LogP contribution in [0.2, 0.25) is 0 Å².